The Hall–Kier alpha value is -2.58. The van der Waals surface area contributed by atoms with Crippen LogP contribution >= 0.6 is 11.8 Å². The van der Waals surface area contributed by atoms with Gasteiger partial charge in [0, 0.05) is 44.1 Å². The van der Waals surface area contributed by atoms with Crippen molar-refractivity contribution in [1.82, 2.24) is 14.7 Å². The van der Waals surface area contributed by atoms with Crippen LogP contribution in [0.3, 0.4) is 0 Å². The van der Waals surface area contributed by atoms with Crippen LogP contribution < -0.4 is 0 Å². The van der Waals surface area contributed by atoms with Crippen molar-refractivity contribution in [3.63, 3.8) is 0 Å². The van der Waals surface area contributed by atoms with Gasteiger partial charge in [0.05, 0.1) is 16.6 Å². The van der Waals surface area contributed by atoms with Gasteiger partial charge in [-0.15, -0.1) is 24.9 Å². The Morgan fingerprint density at radius 3 is 2.52 bits per heavy atom. The van der Waals surface area contributed by atoms with Crippen molar-refractivity contribution < 1.29 is 19.5 Å². The topological polar surface area (TPSA) is 81.2 Å². The minimum Gasteiger partial charge on any atom is -0.396 e. The molecule has 0 saturated carbocycles. The summed E-state index contributed by atoms with van der Waals surface area (Å²) in [5, 5.41) is 9.65. The molecular weight excluding hydrogens is 522 g/mol. The molecule has 40 heavy (non-hydrogen) atoms. The molecule has 3 aliphatic rings. The quantitative estimate of drug-likeness (QED) is 0.342. The first-order valence-corrected chi connectivity index (χ1v) is 15.6. The van der Waals surface area contributed by atoms with E-state index in [1.807, 2.05) is 35.2 Å². The Morgan fingerprint density at radius 2 is 1.90 bits per heavy atom. The Morgan fingerprint density at radius 1 is 1.20 bits per heavy atom. The molecule has 7 nitrogen and oxygen atoms in total. The fourth-order valence-electron chi connectivity index (χ4n) is 7.32. The van der Waals surface area contributed by atoms with Crippen molar-refractivity contribution >= 4 is 29.5 Å². The van der Waals surface area contributed by atoms with Crippen molar-refractivity contribution in [3.8, 4) is 0 Å². The molecule has 0 aromatic heterocycles. The van der Waals surface area contributed by atoms with Crippen LogP contribution in [0.4, 0.5) is 0 Å². The van der Waals surface area contributed by atoms with Crippen LogP contribution in [0.15, 0.2) is 55.6 Å². The van der Waals surface area contributed by atoms with E-state index in [2.05, 4.69) is 33.9 Å². The van der Waals surface area contributed by atoms with Crippen molar-refractivity contribution in [2.75, 3.05) is 26.2 Å². The third kappa shape index (κ3) is 5.25. The molecule has 4 unspecified atom stereocenters. The van der Waals surface area contributed by atoms with Crippen LogP contribution in [0, 0.1) is 17.8 Å². The first kappa shape index (κ1) is 30.4. The number of carbonyl (C=O) groups excluding carboxylic acids is 3. The van der Waals surface area contributed by atoms with Crippen LogP contribution in [0.5, 0.6) is 0 Å². The largest absolute Gasteiger partial charge is 0.396 e. The van der Waals surface area contributed by atoms with Gasteiger partial charge in [-0.2, -0.15) is 0 Å². The van der Waals surface area contributed by atoms with E-state index < -0.39 is 22.6 Å². The summed E-state index contributed by atoms with van der Waals surface area (Å²) in [6, 6.07) is 9.21. The Labute approximate surface area is 243 Å². The highest BCUT2D eigenvalue weighted by molar-refractivity contribution is 8.02. The second kappa shape index (κ2) is 12.9. The molecule has 1 aromatic rings. The first-order chi connectivity index (χ1) is 19.3. The molecule has 218 valence electrons. The number of likely N-dealkylation sites (tertiary alicyclic amines) is 1. The maximum atomic E-state index is 14.5. The van der Waals surface area contributed by atoms with Crippen LogP contribution in [-0.4, -0.2) is 85.8 Å². The normalized spacial score (nSPS) is 29.2. The molecule has 0 radical (unpaired) electrons. The molecule has 1 aromatic carbocycles. The Bertz CT molecular complexity index is 1100. The maximum absolute atomic E-state index is 14.5. The average Bonchev–Trinajstić information content (AvgIpc) is 3.53. The van der Waals surface area contributed by atoms with Gasteiger partial charge in [-0.1, -0.05) is 62.8 Å². The molecule has 0 aliphatic carbocycles. The van der Waals surface area contributed by atoms with Crippen LogP contribution in [-0.2, 0) is 20.9 Å². The Balaban J connectivity index is 1.73. The van der Waals surface area contributed by atoms with E-state index in [-0.39, 0.29) is 41.5 Å². The van der Waals surface area contributed by atoms with Crippen molar-refractivity contribution in [2.24, 2.45) is 17.8 Å². The highest BCUT2D eigenvalue weighted by Gasteiger charge is 2.76. The number of aliphatic hydroxyl groups excluding tert-OH is 1. The molecule has 7 atom stereocenters. The second-order valence-corrected chi connectivity index (χ2v) is 13.1. The number of rotatable bonds is 14. The number of amides is 3. The van der Waals surface area contributed by atoms with Crippen molar-refractivity contribution in [2.45, 2.75) is 75.1 Å². The number of nitrogens with zero attached hydrogens (tertiary/aromatic N) is 3. The highest BCUT2D eigenvalue weighted by Crippen LogP contribution is 2.69. The molecule has 2 bridgehead atoms. The molecule has 1 spiro atoms. The summed E-state index contributed by atoms with van der Waals surface area (Å²) in [6.07, 6.45) is 6.47. The van der Waals surface area contributed by atoms with Gasteiger partial charge in [0.1, 0.15) is 6.04 Å². The average molecular weight is 568 g/mol. The summed E-state index contributed by atoms with van der Waals surface area (Å²) in [4.78, 5) is 48.5. The van der Waals surface area contributed by atoms with E-state index in [4.69, 9.17) is 0 Å². The molecule has 3 aliphatic heterocycles. The van der Waals surface area contributed by atoms with E-state index >= 15 is 0 Å². The van der Waals surface area contributed by atoms with E-state index in [0.717, 1.165) is 24.8 Å². The lowest BCUT2D eigenvalue weighted by Gasteiger charge is -2.42. The van der Waals surface area contributed by atoms with Gasteiger partial charge >= 0.3 is 0 Å². The van der Waals surface area contributed by atoms with E-state index in [1.54, 1.807) is 33.7 Å². The van der Waals surface area contributed by atoms with E-state index in [1.165, 1.54) is 0 Å². The van der Waals surface area contributed by atoms with Gasteiger partial charge in [0.2, 0.25) is 17.7 Å². The monoisotopic (exact) mass is 567 g/mol. The SMILES string of the molecule is C=CCN(Cc1ccccc1)C(=O)[C@@H]1[C@H]2C(=O)N(CCCO)C(C(=O)N(CC=C)C(C)CCC)C23S[C@@H]1CC3C. The molecule has 3 saturated heterocycles. The number of hydrogen-bond acceptors (Lipinski definition) is 5. The number of hydrogen-bond donors (Lipinski definition) is 1. The van der Waals surface area contributed by atoms with Gasteiger partial charge in [-0.3, -0.25) is 14.4 Å². The minimum absolute atomic E-state index is 0.00559. The fourth-order valence-corrected chi connectivity index (χ4v) is 9.73. The number of fused-ring (bicyclic) bond motifs is 1. The highest BCUT2D eigenvalue weighted by atomic mass is 32.2. The summed E-state index contributed by atoms with van der Waals surface area (Å²) < 4.78 is -0.674. The van der Waals surface area contributed by atoms with Gasteiger partial charge in [-0.25, -0.2) is 0 Å². The van der Waals surface area contributed by atoms with Crippen molar-refractivity contribution in [1.29, 1.82) is 0 Å². The molecule has 8 heteroatoms. The lowest BCUT2D eigenvalue weighted by atomic mass is 9.65. The number of benzene rings is 1. The zero-order valence-corrected chi connectivity index (χ0v) is 25.0. The predicted octanol–water partition coefficient (Wildman–Crippen LogP) is 4.12. The minimum atomic E-state index is -0.674. The molecule has 3 fully saturated rings. The van der Waals surface area contributed by atoms with E-state index in [9.17, 15) is 19.5 Å². The first-order valence-electron chi connectivity index (χ1n) is 14.7. The van der Waals surface area contributed by atoms with Crippen LogP contribution in [0.2, 0.25) is 0 Å². The summed E-state index contributed by atoms with van der Waals surface area (Å²) in [7, 11) is 0. The standard InChI is InChI=1S/C32H45N3O4S/c1-6-13-23(5)34(17-8-3)31(39)28-32-22(4)20-25(40-32)26(27(32)30(38)35(28)18-12-19-36)29(37)33(16-7-2)21-24-14-10-9-11-15-24/h7-11,14-15,22-23,25-28,36H,2-3,6,12-13,16-21H2,1,4-5H3/t22?,23?,25-,26+,27+,28?,32?/m1/s1. The third-order valence-corrected chi connectivity index (χ3v) is 11.1. The summed E-state index contributed by atoms with van der Waals surface area (Å²) in [6.45, 7) is 15.6. The number of carbonyl (C=O) groups is 3. The second-order valence-electron chi connectivity index (χ2n) is 11.6. The van der Waals surface area contributed by atoms with Crippen molar-refractivity contribution in [3.05, 3.63) is 61.2 Å². The summed E-state index contributed by atoms with van der Waals surface area (Å²) in [5.41, 5.74) is 1.02. The summed E-state index contributed by atoms with van der Waals surface area (Å²) in [5.74, 6) is -1.18. The van der Waals surface area contributed by atoms with Gasteiger partial charge in [-0.05, 0) is 37.7 Å². The predicted molar refractivity (Wildman–Crippen MR) is 160 cm³/mol. The summed E-state index contributed by atoms with van der Waals surface area (Å²) >= 11 is 1.70. The number of aliphatic hydroxyl groups is 1. The zero-order valence-electron chi connectivity index (χ0n) is 24.2. The fraction of sp³-hybridized carbons (Fsp3) is 0.594. The number of thioether (sulfide) groups is 1. The molecular formula is C32H45N3O4S. The van der Waals surface area contributed by atoms with Gasteiger partial charge in [0.25, 0.3) is 0 Å². The molecule has 3 heterocycles. The third-order valence-electron chi connectivity index (χ3n) is 9.05. The zero-order chi connectivity index (χ0) is 29.0. The smallest absolute Gasteiger partial charge is 0.247 e. The van der Waals surface area contributed by atoms with Gasteiger partial charge < -0.3 is 19.8 Å². The lowest BCUT2D eigenvalue weighted by molar-refractivity contribution is -0.145. The van der Waals surface area contributed by atoms with Crippen LogP contribution in [0.25, 0.3) is 0 Å². The van der Waals surface area contributed by atoms with Gasteiger partial charge in [0.15, 0.2) is 0 Å². The molecule has 1 N–H and O–H groups in total. The lowest BCUT2D eigenvalue weighted by Crippen LogP contribution is -2.58. The van der Waals surface area contributed by atoms with Crippen LogP contribution in [0.1, 0.15) is 52.0 Å². The maximum Gasteiger partial charge on any atom is 0.247 e. The molecule has 4 rings (SSSR count). The van der Waals surface area contributed by atoms with E-state index in [0.29, 0.717) is 32.6 Å². The molecule has 3 amide bonds. The Kier molecular flexibility index (Phi) is 9.83.